The van der Waals surface area contributed by atoms with Crippen LogP contribution in [0.4, 0.5) is 0 Å². The molecule has 4 rings (SSSR count). The van der Waals surface area contributed by atoms with Crippen molar-refractivity contribution in [3.05, 3.63) is 57.5 Å². The molecular weight excluding hydrogens is 324 g/mol. The van der Waals surface area contributed by atoms with E-state index in [0.29, 0.717) is 0 Å². The largest absolute Gasteiger partial charge is 0.140 e. The van der Waals surface area contributed by atoms with Gasteiger partial charge >= 0.3 is 0 Å². The highest BCUT2D eigenvalue weighted by Gasteiger charge is 2.15. The van der Waals surface area contributed by atoms with Crippen LogP contribution in [0.1, 0.15) is 14.6 Å². The van der Waals surface area contributed by atoms with Crippen LogP contribution in [0.15, 0.2) is 42.8 Å². The van der Waals surface area contributed by atoms with Crippen molar-refractivity contribution in [1.29, 1.82) is 0 Å². The topological polar surface area (TPSA) is 0 Å². The Labute approximate surface area is 140 Å². The van der Waals surface area contributed by atoms with E-state index in [9.17, 15) is 0 Å². The molecule has 1 aromatic carbocycles. The lowest BCUT2D eigenvalue weighted by molar-refractivity contribution is 1.66. The molecule has 3 aromatic heterocycles. The molecule has 0 aliphatic rings. The molecule has 0 aliphatic heterocycles. The average molecular weight is 337 g/mol. The predicted molar refractivity (Wildman–Crippen MR) is 105 cm³/mol. The van der Waals surface area contributed by atoms with Gasteiger partial charge in [-0.15, -0.1) is 45.5 Å². The van der Waals surface area contributed by atoms with Gasteiger partial charge < -0.3 is 0 Å². The number of hydrogen-bond donors (Lipinski definition) is 0. The molecule has 0 N–H and O–H groups in total. The van der Waals surface area contributed by atoms with E-state index < -0.39 is 0 Å². The molecule has 106 valence electrons. The van der Waals surface area contributed by atoms with Gasteiger partial charge in [0.2, 0.25) is 0 Å². The molecule has 0 bridgehead atoms. The monoisotopic (exact) mass is 336 g/mol. The summed E-state index contributed by atoms with van der Waals surface area (Å²) in [5, 5.41) is 4.05. The Kier molecular flexibility index (Phi) is 3.19. The van der Waals surface area contributed by atoms with Crippen molar-refractivity contribution in [2.45, 2.75) is 6.92 Å². The fourth-order valence-electron chi connectivity index (χ4n) is 2.78. The van der Waals surface area contributed by atoms with Gasteiger partial charge in [0.05, 0.1) is 0 Å². The zero-order valence-electron chi connectivity index (χ0n) is 12.0. The molecule has 0 saturated carbocycles. The molecule has 22 heavy (non-hydrogen) atoms. The second-order valence-corrected chi connectivity index (χ2v) is 8.50. The van der Waals surface area contributed by atoms with Gasteiger partial charge in [0.25, 0.3) is 0 Å². The molecular formula is C19H12S3. The summed E-state index contributed by atoms with van der Waals surface area (Å²) in [4.78, 5) is 3.76. The third-order valence-electron chi connectivity index (χ3n) is 3.58. The van der Waals surface area contributed by atoms with E-state index in [2.05, 4.69) is 49.7 Å². The third-order valence-corrected chi connectivity index (χ3v) is 6.89. The number of hydrogen-bond acceptors (Lipinski definition) is 3. The molecule has 3 heterocycles. The molecule has 0 amide bonds. The standard InChI is InChI=1S/C19H12S3/c1-4-6-12-9-15-17-14(8-11(3)20-17)18-16(19(15)22-12)10-13(21-18)7-5-2/h6-10H,1-2H2,3H3. The van der Waals surface area contributed by atoms with Gasteiger partial charge in [-0.2, -0.15) is 0 Å². The van der Waals surface area contributed by atoms with E-state index in [4.69, 9.17) is 0 Å². The van der Waals surface area contributed by atoms with Crippen molar-refractivity contribution in [2.24, 2.45) is 0 Å². The first-order valence-electron chi connectivity index (χ1n) is 6.82. The van der Waals surface area contributed by atoms with Crippen LogP contribution in [-0.4, -0.2) is 0 Å². The summed E-state index contributed by atoms with van der Waals surface area (Å²) in [6.45, 7) is 9.57. The summed E-state index contributed by atoms with van der Waals surface area (Å²) in [6, 6.07) is 6.82. The van der Waals surface area contributed by atoms with Gasteiger partial charge in [-0.1, -0.05) is 13.2 Å². The third kappa shape index (κ3) is 1.96. The highest BCUT2D eigenvalue weighted by molar-refractivity contribution is 7.27. The SMILES string of the molecule is C=C=Cc1cc2c(s1)c1cc(C)sc1c1cc(C=C=C)sc12. The van der Waals surface area contributed by atoms with Crippen molar-refractivity contribution in [2.75, 3.05) is 0 Å². The minimum atomic E-state index is 1.21. The van der Waals surface area contributed by atoms with Crippen molar-refractivity contribution >= 4 is 76.4 Å². The van der Waals surface area contributed by atoms with Crippen LogP contribution in [0.2, 0.25) is 0 Å². The van der Waals surface area contributed by atoms with E-state index in [1.165, 1.54) is 44.9 Å². The van der Waals surface area contributed by atoms with Crippen molar-refractivity contribution < 1.29 is 0 Å². The normalized spacial score (nSPS) is 11.0. The van der Waals surface area contributed by atoms with Gasteiger partial charge in [-0.3, -0.25) is 0 Å². The molecule has 0 aliphatic carbocycles. The fraction of sp³-hybridized carbons (Fsp3) is 0.0526. The van der Waals surface area contributed by atoms with Crippen LogP contribution in [-0.2, 0) is 0 Å². The molecule has 0 atom stereocenters. The lowest BCUT2D eigenvalue weighted by Gasteiger charge is -1.96. The Morgan fingerprint density at radius 1 is 0.773 bits per heavy atom. The Balaban J connectivity index is 2.27. The van der Waals surface area contributed by atoms with Gasteiger partial charge in [0.15, 0.2) is 0 Å². The molecule has 3 heteroatoms. The number of aryl methyl sites for hydroxylation is 1. The zero-order chi connectivity index (χ0) is 15.3. The van der Waals surface area contributed by atoms with Gasteiger partial charge in [0, 0.05) is 44.9 Å². The van der Waals surface area contributed by atoms with E-state index in [1.54, 1.807) is 0 Å². The first-order valence-corrected chi connectivity index (χ1v) is 9.27. The van der Waals surface area contributed by atoms with E-state index in [-0.39, 0.29) is 0 Å². The maximum Gasteiger partial charge on any atom is 0.0451 e. The van der Waals surface area contributed by atoms with Crippen molar-refractivity contribution in [3.63, 3.8) is 0 Å². The Bertz CT molecular complexity index is 1040. The molecule has 0 fully saturated rings. The van der Waals surface area contributed by atoms with E-state index in [1.807, 2.05) is 46.2 Å². The zero-order valence-corrected chi connectivity index (χ0v) is 14.5. The minimum absolute atomic E-state index is 1.21. The van der Waals surface area contributed by atoms with Crippen LogP contribution in [0.5, 0.6) is 0 Å². The smallest absolute Gasteiger partial charge is 0.0451 e. The van der Waals surface area contributed by atoms with Crippen molar-refractivity contribution in [1.82, 2.24) is 0 Å². The predicted octanol–water partition coefficient (Wildman–Crippen LogP) is 7.24. The average Bonchev–Trinajstić information content (AvgIpc) is 3.14. The van der Waals surface area contributed by atoms with Crippen LogP contribution >= 0.6 is 34.0 Å². The maximum atomic E-state index is 3.69. The van der Waals surface area contributed by atoms with Gasteiger partial charge in [0.1, 0.15) is 0 Å². The molecule has 0 saturated heterocycles. The fourth-order valence-corrected chi connectivity index (χ4v) is 6.21. The summed E-state index contributed by atoms with van der Waals surface area (Å²) in [7, 11) is 0. The first-order chi connectivity index (χ1) is 10.7. The van der Waals surface area contributed by atoms with Gasteiger partial charge in [-0.25, -0.2) is 0 Å². The minimum Gasteiger partial charge on any atom is -0.140 e. The maximum absolute atomic E-state index is 3.69. The summed E-state index contributed by atoms with van der Waals surface area (Å²) < 4.78 is 4.10. The molecule has 0 unspecified atom stereocenters. The summed E-state index contributed by atoms with van der Waals surface area (Å²) in [5.74, 6) is 0. The Morgan fingerprint density at radius 2 is 1.23 bits per heavy atom. The van der Waals surface area contributed by atoms with E-state index in [0.717, 1.165) is 0 Å². The molecule has 0 nitrogen and oxygen atoms in total. The molecule has 4 aromatic rings. The number of benzene rings is 1. The lowest BCUT2D eigenvalue weighted by Crippen LogP contribution is -1.67. The van der Waals surface area contributed by atoms with E-state index >= 15 is 0 Å². The summed E-state index contributed by atoms with van der Waals surface area (Å²) >= 11 is 5.51. The second kappa shape index (κ2) is 5.10. The van der Waals surface area contributed by atoms with Crippen molar-refractivity contribution in [3.8, 4) is 0 Å². The second-order valence-electron chi connectivity index (χ2n) is 5.08. The first kappa shape index (κ1) is 13.8. The van der Waals surface area contributed by atoms with Crippen LogP contribution < -0.4 is 0 Å². The summed E-state index contributed by atoms with van der Waals surface area (Å²) in [5.41, 5.74) is 5.78. The highest BCUT2D eigenvalue weighted by Crippen LogP contribution is 2.46. The summed E-state index contributed by atoms with van der Waals surface area (Å²) in [6.07, 6.45) is 3.92. The van der Waals surface area contributed by atoms with Crippen LogP contribution in [0, 0.1) is 6.92 Å². The molecule has 0 spiro atoms. The van der Waals surface area contributed by atoms with Crippen LogP contribution in [0.25, 0.3) is 42.4 Å². The van der Waals surface area contributed by atoms with Gasteiger partial charge in [-0.05, 0) is 37.3 Å². The van der Waals surface area contributed by atoms with Crippen LogP contribution in [0.3, 0.4) is 0 Å². The molecule has 0 radical (unpaired) electrons. The number of fused-ring (bicyclic) bond motifs is 6. The Morgan fingerprint density at radius 3 is 1.73 bits per heavy atom. The quantitative estimate of drug-likeness (QED) is 0.339. The lowest BCUT2D eigenvalue weighted by atomic mass is 10.1. The Hall–Kier alpha value is -1.86. The highest BCUT2D eigenvalue weighted by atomic mass is 32.1. The number of rotatable bonds is 2. The number of thiophene rings is 3.